The number of nitrogens with one attached hydrogen (secondary N) is 1. The van der Waals surface area contributed by atoms with Crippen LogP contribution < -0.4 is 11.1 Å². The van der Waals surface area contributed by atoms with Crippen LogP contribution in [0, 0.1) is 0 Å². The molecule has 1 aliphatic rings. The first-order valence-corrected chi connectivity index (χ1v) is 8.10. The molecule has 1 atom stereocenters. The summed E-state index contributed by atoms with van der Waals surface area (Å²) in [6.07, 6.45) is 4.89. The van der Waals surface area contributed by atoms with Gasteiger partial charge in [0.25, 0.3) is 0 Å². The van der Waals surface area contributed by atoms with Gasteiger partial charge in [-0.15, -0.1) is 0 Å². The predicted molar refractivity (Wildman–Crippen MR) is 85.5 cm³/mol. The van der Waals surface area contributed by atoms with E-state index >= 15 is 0 Å². The third-order valence-corrected chi connectivity index (χ3v) is 4.56. The van der Waals surface area contributed by atoms with Crippen LogP contribution in [0.3, 0.4) is 0 Å². The Morgan fingerprint density at radius 2 is 2.38 bits per heavy atom. The van der Waals surface area contributed by atoms with Gasteiger partial charge in [0.2, 0.25) is 5.91 Å². The van der Waals surface area contributed by atoms with Crippen LogP contribution in [0.1, 0.15) is 32.1 Å². The van der Waals surface area contributed by atoms with Gasteiger partial charge < -0.3 is 15.8 Å². The lowest BCUT2D eigenvalue weighted by atomic mass is 10.0. The maximum absolute atomic E-state index is 12.0. The second kappa shape index (κ2) is 6.41. The van der Waals surface area contributed by atoms with Crippen molar-refractivity contribution in [2.24, 2.45) is 0 Å². The van der Waals surface area contributed by atoms with E-state index in [1.807, 2.05) is 18.2 Å². The molecule has 21 heavy (non-hydrogen) atoms. The Hall–Kier alpha value is -1.66. The highest BCUT2D eigenvalue weighted by Crippen LogP contribution is 2.27. The molecule has 0 spiro atoms. The maximum Gasteiger partial charge on any atom is 0.226 e. The van der Waals surface area contributed by atoms with Crippen LogP contribution in [0.15, 0.2) is 18.2 Å². The summed E-state index contributed by atoms with van der Waals surface area (Å²) in [7, 11) is 0. The van der Waals surface area contributed by atoms with E-state index < -0.39 is 0 Å². The molecule has 0 radical (unpaired) electrons. The summed E-state index contributed by atoms with van der Waals surface area (Å²) in [5, 5.41) is 3.49. The molecule has 5 nitrogen and oxygen atoms in total. The molecule has 1 aromatic carbocycles. The molecule has 1 aliphatic heterocycles. The number of ether oxygens (including phenoxy) is 1. The number of carbonyl (C=O) groups excluding carboxylic acids is 1. The molecule has 1 unspecified atom stereocenters. The van der Waals surface area contributed by atoms with Gasteiger partial charge in [0.1, 0.15) is 0 Å². The van der Waals surface area contributed by atoms with E-state index in [0.29, 0.717) is 17.2 Å². The summed E-state index contributed by atoms with van der Waals surface area (Å²) in [4.78, 5) is 16.4. The molecule has 0 bridgehead atoms. The third-order valence-electron chi connectivity index (χ3n) is 3.63. The van der Waals surface area contributed by atoms with Gasteiger partial charge in [0, 0.05) is 18.7 Å². The molecule has 1 fully saturated rings. The van der Waals surface area contributed by atoms with E-state index in [2.05, 4.69) is 10.3 Å². The zero-order valence-corrected chi connectivity index (χ0v) is 12.6. The van der Waals surface area contributed by atoms with Crippen molar-refractivity contribution >= 4 is 38.3 Å². The van der Waals surface area contributed by atoms with Gasteiger partial charge in [0.15, 0.2) is 5.13 Å². The summed E-state index contributed by atoms with van der Waals surface area (Å²) in [6.45, 7) is 0.825. The summed E-state index contributed by atoms with van der Waals surface area (Å²) >= 11 is 1.45. The normalized spacial score (nSPS) is 18.8. The standard InChI is InChI=1S/C15H19N3O2S/c16-10-4-6-12-13(9-10)21-15(17-12)18-14(19)7-5-11-3-1-2-8-20-11/h4,6,9,11H,1-3,5,7-8,16H2,(H,17,18,19). The lowest BCUT2D eigenvalue weighted by Gasteiger charge is -2.21. The van der Waals surface area contributed by atoms with Gasteiger partial charge in [-0.3, -0.25) is 4.79 Å². The van der Waals surface area contributed by atoms with Crippen molar-refractivity contribution in [3.63, 3.8) is 0 Å². The highest BCUT2D eigenvalue weighted by molar-refractivity contribution is 7.22. The molecule has 0 aliphatic carbocycles. The lowest BCUT2D eigenvalue weighted by Crippen LogP contribution is -2.21. The number of amides is 1. The van der Waals surface area contributed by atoms with Gasteiger partial charge in [-0.2, -0.15) is 0 Å². The molecule has 1 amide bonds. The number of anilines is 2. The van der Waals surface area contributed by atoms with E-state index in [0.717, 1.165) is 36.1 Å². The van der Waals surface area contributed by atoms with Crippen LogP contribution >= 0.6 is 11.3 Å². The van der Waals surface area contributed by atoms with Crippen molar-refractivity contribution in [2.75, 3.05) is 17.7 Å². The Labute approximate surface area is 127 Å². The molecule has 112 valence electrons. The first kappa shape index (κ1) is 14.3. The molecule has 3 rings (SSSR count). The first-order valence-electron chi connectivity index (χ1n) is 7.28. The fourth-order valence-corrected chi connectivity index (χ4v) is 3.43. The number of thiazole rings is 1. The zero-order chi connectivity index (χ0) is 14.7. The average molecular weight is 305 g/mol. The number of carbonyl (C=O) groups is 1. The van der Waals surface area contributed by atoms with Gasteiger partial charge in [-0.05, 0) is 43.9 Å². The number of fused-ring (bicyclic) bond motifs is 1. The number of rotatable bonds is 4. The minimum absolute atomic E-state index is 0.00352. The smallest absolute Gasteiger partial charge is 0.226 e. The summed E-state index contributed by atoms with van der Waals surface area (Å²) in [6, 6.07) is 5.55. The van der Waals surface area contributed by atoms with Crippen LogP contribution in [0.25, 0.3) is 10.2 Å². The summed E-state index contributed by atoms with van der Waals surface area (Å²) in [5.74, 6) is -0.00352. The van der Waals surface area contributed by atoms with Crippen molar-refractivity contribution in [1.29, 1.82) is 0 Å². The molecule has 3 N–H and O–H groups in total. The minimum atomic E-state index is -0.00352. The quantitative estimate of drug-likeness (QED) is 0.851. The van der Waals surface area contributed by atoms with E-state index in [1.165, 1.54) is 17.8 Å². The highest BCUT2D eigenvalue weighted by Gasteiger charge is 2.16. The highest BCUT2D eigenvalue weighted by atomic mass is 32.1. The Kier molecular flexibility index (Phi) is 4.36. The van der Waals surface area contributed by atoms with Crippen LogP contribution in [-0.4, -0.2) is 23.6 Å². The van der Waals surface area contributed by atoms with Crippen molar-refractivity contribution in [3.8, 4) is 0 Å². The van der Waals surface area contributed by atoms with E-state index in [9.17, 15) is 4.79 Å². The molecule has 2 heterocycles. The van der Waals surface area contributed by atoms with Gasteiger partial charge in [-0.25, -0.2) is 4.98 Å². The molecule has 0 saturated carbocycles. The van der Waals surface area contributed by atoms with Crippen molar-refractivity contribution < 1.29 is 9.53 Å². The van der Waals surface area contributed by atoms with E-state index in [-0.39, 0.29) is 12.0 Å². The monoisotopic (exact) mass is 305 g/mol. The van der Waals surface area contributed by atoms with Gasteiger partial charge >= 0.3 is 0 Å². The van der Waals surface area contributed by atoms with Crippen LogP contribution in [-0.2, 0) is 9.53 Å². The van der Waals surface area contributed by atoms with Gasteiger partial charge in [-0.1, -0.05) is 11.3 Å². The second-order valence-corrected chi connectivity index (χ2v) is 6.35. The summed E-state index contributed by atoms with van der Waals surface area (Å²) in [5.41, 5.74) is 7.31. The number of nitrogen functional groups attached to an aromatic ring is 1. The lowest BCUT2D eigenvalue weighted by molar-refractivity contribution is -0.117. The van der Waals surface area contributed by atoms with E-state index in [1.54, 1.807) is 0 Å². The topological polar surface area (TPSA) is 77.2 Å². The fourth-order valence-electron chi connectivity index (χ4n) is 2.50. The largest absolute Gasteiger partial charge is 0.399 e. The molecule has 1 saturated heterocycles. The molecular weight excluding hydrogens is 286 g/mol. The summed E-state index contributed by atoms with van der Waals surface area (Å²) < 4.78 is 6.62. The SMILES string of the molecule is Nc1ccc2nc(NC(=O)CCC3CCCCO3)sc2c1. The molecule has 1 aromatic heterocycles. The van der Waals surface area contributed by atoms with Crippen LogP contribution in [0.5, 0.6) is 0 Å². The number of hydrogen-bond donors (Lipinski definition) is 2. The van der Waals surface area contributed by atoms with Crippen molar-refractivity contribution in [1.82, 2.24) is 4.98 Å². The average Bonchev–Trinajstić information content (AvgIpc) is 2.87. The molecular formula is C15H19N3O2S. The Morgan fingerprint density at radius 1 is 1.48 bits per heavy atom. The third kappa shape index (κ3) is 3.71. The van der Waals surface area contributed by atoms with Crippen LogP contribution in [0.4, 0.5) is 10.8 Å². The Balaban J connectivity index is 1.55. The fraction of sp³-hybridized carbons (Fsp3) is 0.467. The number of nitrogens with zero attached hydrogens (tertiary/aromatic N) is 1. The Bertz CT molecular complexity index is 635. The number of hydrogen-bond acceptors (Lipinski definition) is 5. The van der Waals surface area contributed by atoms with Gasteiger partial charge in [0.05, 0.1) is 16.3 Å². The molecule has 2 aromatic rings. The maximum atomic E-state index is 12.0. The predicted octanol–water partition coefficient (Wildman–Crippen LogP) is 3.17. The number of aromatic nitrogens is 1. The second-order valence-electron chi connectivity index (χ2n) is 5.32. The number of benzene rings is 1. The van der Waals surface area contributed by atoms with Crippen molar-refractivity contribution in [3.05, 3.63) is 18.2 Å². The van der Waals surface area contributed by atoms with Crippen LogP contribution in [0.2, 0.25) is 0 Å². The number of nitrogens with two attached hydrogens (primary N) is 1. The van der Waals surface area contributed by atoms with Crippen molar-refractivity contribution in [2.45, 2.75) is 38.2 Å². The molecule has 6 heteroatoms. The minimum Gasteiger partial charge on any atom is -0.399 e. The van der Waals surface area contributed by atoms with E-state index in [4.69, 9.17) is 10.5 Å². The zero-order valence-electron chi connectivity index (χ0n) is 11.8. The Morgan fingerprint density at radius 3 is 3.19 bits per heavy atom. The first-order chi connectivity index (χ1) is 10.2.